The Balaban J connectivity index is 0.913. The van der Waals surface area contributed by atoms with Crippen LogP contribution in [0.4, 0.5) is 0 Å². The van der Waals surface area contributed by atoms with Crippen LogP contribution in [0, 0.1) is 0 Å². The Morgan fingerprint density at radius 2 is 0.493 bits per heavy atom. The normalized spacial score (nSPS) is 12.6. The van der Waals surface area contributed by atoms with Gasteiger partial charge in [0.1, 0.15) is 0 Å². The van der Waals surface area contributed by atoms with Gasteiger partial charge >= 0.3 is 0 Å². The van der Waals surface area contributed by atoms with Gasteiger partial charge in [-0.15, -0.1) is 0 Å². The molecule has 14 rings (SSSR count). The van der Waals surface area contributed by atoms with Crippen LogP contribution in [0.1, 0.15) is 25.0 Å². The van der Waals surface area contributed by atoms with Gasteiger partial charge in [0.05, 0.1) is 0 Å². The Morgan fingerprint density at radius 1 is 0.192 bits per heavy atom. The quantitative estimate of drug-likeness (QED) is 0.140. The summed E-state index contributed by atoms with van der Waals surface area (Å²) in [6.07, 6.45) is 0. The minimum absolute atomic E-state index is 0.0822. The first-order valence-electron chi connectivity index (χ1n) is 25.6. The highest BCUT2D eigenvalue weighted by molar-refractivity contribution is 6.23. The van der Waals surface area contributed by atoms with E-state index in [1.807, 2.05) is 0 Å². The summed E-state index contributed by atoms with van der Waals surface area (Å²) < 4.78 is 0. The molecule has 73 heavy (non-hydrogen) atoms. The van der Waals surface area contributed by atoms with Gasteiger partial charge in [-0.2, -0.15) is 0 Å². The van der Waals surface area contributed by atoms with Crippen LogP contribution in [0.5, 0.6) is 0 Å². The van der Waals surface area contributed by atoms with Crippen molar-refractivity contribution in [2.45, 2.75) is 19.3 Å². The maximum Gasteiger partial charge on any atom is 0.0159 e. The molecule has 0 saturated heterocycles. The van der Waals surface area contributed by atoms with Crippen molar-refractivity contribution < 1.29 is 0 Å². The summed E-state index contributed by atoms with van der Waals surface area (Å²) in [6, 6.07) is 99.2. The molecule has 0 aliphatic heterocycles. The lowest BCUT2D eigenvalue weighted by molar-refractivity contribution is 0.660. The van der Waals surface area contributed by atoms with Gasteiger partial charge in [0.25, 0.3) is 0 Å². The standard InChI is InChI=1S/C73H50/c1-73(2)67-28-16-15-21-57(67)58-43-42-56(46-68(58)73)72-63-26-13-10-23-60(63)69(61-24-11-14-27-64(61)72)52-39-33-51(34-40-52)55-41-44-65-66(45-55)71(54-37-31-50(32-38-54)48-19-7-4-8-20-48)62-25-12-9-22-59(62)70(65)53-35-29-49(30-36-53)47-17-5-3-6-18-47/h3-46H,1-2H3. The summed E-state index contributed by atoms with van der Waals surface area (Å²) in [4.78, 5) is 0. The summed E-state index contributed by atoms with van der Waals surface area (Å²) in [5.41, 5.74) is 22.6. The monoisotopic (exact) mass is 926 g/mol. The van der Waals surface area contributed by atoms with E-state index in [1.54, 1.807) is 0 Å². The molecule has 1 aliphatic rings. The van der Waals surface area contributed by atoms with Crippen molar-refractivity contribution in [3.8, 4) is 89.0 Å². The van der Waals surface area contributed by atoms with Gasteiger partial charge in [-0.1, -0.05) is 269 Å². The summed E-state index contributed by atoms with van der Waals surface area (Å²) >= 11 is 0. The number of benzene rings is 13. The van der Waals surface area contributed by atoms with E-state index < -0.39 is 0 Å². The predicted molar refractivity (Wildman–Crippen MR) is 312 cm³/mol. The minimum Gasteiger partial charge on any atom is -0.0622 e. The Hall–Kier alpha value is -9.10. The average molecular weight is 927 g/mol. The van der Waals surface area contributed by atoms with Crippen LogP contribution in [0.3, 0.4) is 0 Å². The molecule has 0 fully saturated rings. The molecular formula is C73H50. The lowest BCUT2D eigenvalue weighted by Gasteiger charge is -2.23. The van der Waals surface area contributed by atoms with E-state index in [9.17, 15) is 0 Å². The van der Waals surface area contributed by atoms with Crippen molar-refractivity contribution in [2.24, 2.45) is 0 Å². The molecule has 0 saturated carbocycles. The molecule has 342 valence electrons. The third-order valence-corrected chi connectivity index (χ3v) is 15.9. The fourth-order valence-electron chi connectivity index (χ4n) is 12.3. The Labute approximate surface area is 427 Å². The van der Waals surface area contributed by atoms with E-state index in [2.05, 4.69) is 281 Å². The molecule has 0 amide bonds. The first-order chi connectivity index (χ1) is 36.0. The van der Waals surface area contributed by atoms with E-state index in [4.69, 9.17) is 0 Å². The second-order valence-electron chi connectivity index (χ2n) is 20.3. The molecule has 13 aromatic rings. The largest absolute Gasteiger partial charge is 0.0622 e. The topological polar surface area (TPSA) is 0 Å². The van der Waals surface area contributed by atoms with Crippen LogP contribution >= 0.6 is 0 Å². The average Bonchev–Trinajstić information content (AvgIpc) is 3.69. The van der Waals surface area contributed by atoms with E-state index in [0.717, 1.165) is 0 Å². The van der Waals surface area contributed by atoms with Gasteiger partial charge in [0, 0.05) is 5.41 Å². The molecular weight excluding hydrogens is 877 g/mol. The summed E-state index contributed by atoms with van der Waals surface area (Å²) in [5, 5.41) is 10.0. The van der Waals surface area contributed by atoms with Gasteiger partial charge in [0.2, 0.25) is 0 Å². The highest BCUT2D eigenvalue weighted by Crippen LogP contribution is 2.52. The molecule has 0 N–H and O–H groups in total. The van der Waals surface area contributed by atoms with Gasteiger partial charge in [0.15, 0.2) is 0 Å². The fraction of sp³-hybridized carbons (Fsp3) is 0.0411. The van der Waals surface area contributed by atoms with Gasteiger partial charge in [-0.05, 0) is 155 Å². The Morgan fingerprint density at radius 3 is 0.959 bits per heavy atom. The zero-order valence-electron chi connectivity index (χ0n) is 40.9. The molecule has 0 nitrogen and oxygen atoms in total. The molecule has 0 spiro atoms. The van der Waals surface area contributed by atoms with Gasteiger partial charge < -0.3 is 0 Å². The van der Waals surface area contributed by atoms with Crippen molar-refractivity contribution >= 4 is 43.1 Å². The first kappa shape index (κ1) is 42.8. The number of hydrogen-bond acceptors (Lipinski definition) is 0. The van der Waals surface area contributed by atoms with E-state index in [1.165, 1.54) is 143 Å². The molecule has 0 unspecified atom stereocenters. The summed E-state index contributed by atoms with van der Waals surface area (Å²) in [5.74, 6) is 0. The third kappa shape index (κ3) is 6.97. The van der Waals surface area contributed by atoms with E-state index in [-0.39, 0.29) is 5.41 Å². The van der Waals surface area contributed by atoms with Crippen LogP contribution in [0.15, 0.2) is 267 Å². The Kier molecular flexibility index (Phi) is 9.98. The lowest BCUT2D eigenvalue weighted by atomic mass is 9.80. The second-order valence-corrected chi connectivity index (χ2v) is 20.3. The molecule has 13 aromatic carbocycles. The van der Waals surface area contributed by atoms with Crippen molar-refractivity contribution in [1.82, 2.24) is 0 Å². The van der Waals surface area contributed by atoms with Gasteiger partial charge in [-0.3, -0.25) is 0 Å². The van der Waals surface area contributed by atoms with Crippen molar-refractivity contribution in [2.75, 3.05) is 0 Å². The van der Waals surface area contributed by atoms with Crippen LogP contribution in [-0.4, -0.2) is 0 Å². The van der Waals surface area contributed by atoms with Crippen molar-refractivity contribution in [3.63, 3.8) is 0 Å². The van der Waals surface area contributed by atoms with Crippen molar-refractivity contribution in [1.29, 1.82) is 0 Å². The SMILES string of the molecule is CC1(C)c2ccccc2-c2ccc(-c3c4ccccc4c(-c4ccc(-c5ccc6c(-c7ccc(-c8ccccc8)cc7)c7ccccc7c(-c7ccc(-c8ccccc8)cc7)c6c5)cc4)c4ccccc34)cc21. The number of rotatable bonds is 7. The zero-order valence-corrected chi connectivity index (χ0v) is 40.9. The lowest BCUT2D eigenvalue weighted by Crippen LogP contribution is -2.14. The number of fused-ring (bicyclic) bond motifs is 7. The van der Waals surface area contributed by atoms with E-state index in [0.29, 0.717) is 0 Å². The predicted octanol–water partition coefficient (Wildman–Crippen LogP) is 20.3. The zero-order chi connectivity index (χ0) is 48.6. The van der Waals surface area contributed by atoms with Crippen LogP contribution < -0.4 is 0 Å². The van der Waals surface area contributed by atoms with Crippen LogP contribution in [0.2, 0.25) is 0 Å². The smallest absolute Gasteiger partial charge is 0.0159 e. The Bertz CT molecular complexity index is 4220. The molecule has 0 bridgehead atoms. The molecule has 0 heterocycles. The molecule has 1 aliphatic carbocycles. The summed E-state index contributed by atoms with van der Waals surface area (Å²) in [6.45, 7) is 4.74. The maximum atomic E-state index is 2.47. The molecule has 0 heteroatoms. The van der Waals surface area contributed by atoms with E-state index >= 15 is 0 Å². The molecule has 0 aromatic heterocycles. The van der Waals surface area contributed by atoms with Gasteiger partial charge in [-0.25, -0.2) is 0 Å². The first-order valence-corrected chi connectivity index (χ1v) is 25.6. The highest BCUT2D eigenvalue weighted by Gasteiger charge is 2.35. The fourth-order valence-corrected chi connectivity index (χ4v) is 12.3. The second kappa shape index (κ2) is 17.0. The maximum absolute atomic E-state index is 2.47. The highest BCUT2D eigenvalue weighted by atomic mass is 14.4. The molecule has 0 atom stereocenters. The summed E-state index contributed by atoms with van der Waals surface area (Å²) in [7, 11) is 0. The minimum atomic E-state index is -0.0822. The van der Waals surface area contributed by atoms with Crippen molar-refractivity contribution in [3.05, 3.63) is 278 Å². The van der Waals surface area contributed by atoms with Crippen LogP contribution in [0.25, 0.3) is 132 Å². The number of hydrogen-bond donors (Lipinski definition) is 0. The molecule has 0 radical (unpaired) electrons. The van der Waals surface area contributed by atoms with Crippen LogP contribution in [-0.2, 0) is 5.41 Å². The third-order valence-electron chi connectivity index (χ3n) is 15.9.